The summed E-state index contributed by atoms with van der Waals surface area (Å²) < 4.78 is 6.01. The van der Waals surface area contributed by atoms with E-state index >= 15 is 0 Å². The maximum Gasteiger partial charge on any atom is 0.138 e. The molecule has 0 aliphatic carbocycles. The predicted molar refractivity (Wildman–Crippen MR) is 147 cm³/mol. The Morgan fingerprint density at radius 1 is 0.842 bits per heavy atom. The minimum absolute atomic E-state index is 0.652. The first kappa shape index (κ1) is 22.6. The van der Waals surface area contributed by atoms with E-state index < -0.39 is 0 Å². The van der Waals surface area contributed by atoms with E-state index in [4.69, 9.17) is 4.74 Å². The molecule has 0 saturated carbocycles. The van der Waals surface area contributed by atoms with Crippen LogP contribution in [0.2, 0.25) is 0 Å². The fourth-order valence-electron chi connectivity index (χ4n) is 5.15. The Balaban J connectivity index is 1.20. The lowest BCUT2D eigenvalue weighted by molar-refractivity contribution is 0.237. The van der Waals surface area contributed by atoms with Crippen LogP contribution in [0.15, 0.2) is 73.6 Å². The van der Waals surface area contributed by atoms with Gasteiger partial charge in [-0.15, -0.1) is 0 Å². The molecule has 1 fully saturated rings. The highest BCUT2D eigenvalue weighted by atomic mass is 16.5. The number of nitrogens with zero attached hydrogens (tertiary/aromatic N) is 6. The van der Waals surface area contributed by atoms with Gasteiger partial charge < -0.3 is 9.72 Å². The van der Waals surface area contributed by atoms with Crippen LogP contribution < -0.4 is 4.74 Å². The molecule has 0 bridgehead atoms. The van der Waals surface area contributed by atoms with Crippen molar-refractivity contribution in [1.82, 2.24) is 40.0 Å². The normalized spacial score (nSPS) is 14.0. The fraction of sp³-hybridized carbons (Fsp3) is 0.207. The van der Waals surface area contributed by atoms with E-state index in [2.05, 4.69) is 46.1 Å². The maximum atomic E-state index is 6.01. The minimum Gasteiger partial charge on any atom is -0.491 e. The summed E-state index contributed by atoms with van der Waals surface area (Å²) in [6, 6.07) is 12.2. The quantitative estimate of drug-likeness (QED) is 0.313. The molecule has 7 rings (SSSR count). The lowest BCUT2D eigenvalue weighted by atomic mass is 10.0. The number of rotatable bonds is 7. The number of hydrogen-bond donors (Lipinski definition) is 2. The summed E-state index contributed by atoms with van der Waals surface area (Å²) in [4.78, 5) is 23.7. The van der Waals surface area contributed by atoms with Gasteiger partial charge in [0, 0.05) is 47.7 Å². The van der Waals surface area contributed by atoms with E-state index in [1.54, 1.807) is 18.6 Å². The summed E-state index contributed by atoms with van der Waals surface area (Å²) in [5.41, 5.74) is 7.25. The third kappa shape index (κ3) is 4.26. The van der Waals surface area contributed by atoms with Crippen LogP contribution in [0, 0.1) is 0 Å². The molecule has 0 amide bonds. The van der Waals surface area contributed by atoms with Crippen LogP contribution in [0.25, 0.3) is 55.7 Å². The third-order valence-corrected chi connectivity index (χ3v) is 7.11. The van der Waals surface area contributed by atoms with Crippen molar-refractivity contribution in [3.8, 4) is 39.5 Å². The first-order valence-electron chi connectivity index (χ1n) is 12.8. The summed E-state index contributed by atoms with van der Waals surface area (Å²) >= 11 is 0. The number of ether oxygens (including phenoxy) is 1. The van der Waals surface area contributed by atoms with Crippen LogP contribution in [0.1, 0.15) is 12.8 Å². The van der Waals surface area contributed by atoms with Gasteiger partial charge in [-0.3, -0.25) is 25.0 Å². The number of fused-ring (bicyclic) bond motifs is 2. The molecule has 9 heteroatoms. The van der Waals surface area contributed by atoms with Gasteiger partial charge in [-0.05, 0) is 73.5 Å². The smallest absolute Gasteiger partial charge is 0.138 e. The van der Waals surface area contributed by atoms with Crippen LogP contribution >= 0.6 is 0 Å². The first-order chi connectivity index (χ1) is 18.8. The molecule has 1 saturated heterocycles. The molecule has 0 radical (unpaired) electrons. The second-order valence-electron chi connectivity index (χ2n) is 9.53. The molecule has 1 aliphatic rings. The molecule has 0 spiro atoms. The van der Waals surface area contributed by atoms with Crippen molar-refractivity contribution in [3.63, 3.8) is 0 Å². The number of H-pyrrole nitrogens is 2. The second-order valence-corrected chi connectivity index (χ2v) is 9.53. The number of pyridine rings is 4. The second kappa shape index (κ2) is 9.68. The molecule has 0 unspecified atom stereocenters. The number of likely N-dealkylation sites (tertiary alicyclic amines) is 1. The van der Waals surface area contributed by atoms with Crippen molar-refractivity contribution in [3.05, 3.63) is 73.6 Å². The molecule has 9 nitrogen and oxygen atoms in total. The van der Waals surface area contributed by atoms with E-state index in [9.17, 15) is 0 Å². The highest BCUT2D eigenvalue weighted by Gasteiger charge is 2.16. The molecule has 0 aromatic carbocycles. The van der Waals surface area contributed by atoms with Crippen molar-refractivity contribution in [2.24, 2.45) is 0 Å². The highest BCUT2D eigenvalue weighted by Crippen LogP contribution is 2.34. The summed E-state index contributed by atoms with van der Waals surface area (Å²) in [7, 11) is 0. The van der Waals surface area contributed by atoms with Crippen LogP contribution in [0.5, 0.6) is 5.75 Å². The number of nitrogens with one attached hydrogen (secondary N) is 2. The Morgan fingerprint density at radius 3 is 2.63 bits per heavy atom. The van der Waals surface area contributed by atoms with E-state index in [0.717, 1.165) is 81.1 Å². The third-order valence-electron chi connectivity index (χ3n) is 7.11. The molecular formula is C29H26N8O. The van der Waals surface area contributed by atoms with Crippen molar-refractivity contribution in [2.75, 3.05) is 26.2 Å². The molecule has 6 aromatic heterocycles. The fourth-order valence-corrected chi connectivity index (χ4v) is 5.15. The van der Waals surface area contributed by atoms with Crippen molar-refractivity contribution >= 4 is 21.9 Å². The van der Waals surface area contributed by atoms with Gasteiger partial charge in [0.1, 0.15) is 23.7 Å². The van der Waals surface area contributed by atoms with Gasteiger partial charge in [0.25, 0.3) is 0 Å². The van der Waals surface area contributed by atoms with E-state index in [-0.39, 0.29) is 0 Å². The van der Waals surface area contributed by atoms with Gasteiger partial charge in [-0.2, -0.15) is 5.10 Å². The van der Waals surface area contributed by atoms with Crippen LogP contribution in [0.4, 0.5) is 0 Å². The summed E-state index contributed by atoms with van der Waals surface area (Å²) in [6.07, 6.45) is 13.4. The Morgan fingerprint density at radius 2 is 1.74 bits per heavy atom. The van der Waals surface area contributed by atoms with Gasteiger partial charge in [0.2, 0.25) is 0 Å². The van der Waals surface area contributed by atoms with Crippen molar-refractivity contribution < 1.29 is 4.74 Å². The highest BCUT2D eigenvalue weighted by molar-refractivity contribution is 6.00. The molecule has 188 valence electrons. The number of aromatic nitrogens is 7. The molecule has 38 heavy (non-hydrogen) atoms. The Labute approximate surface area is 219 Å². The van der Waals surface area contributed by atoms with Gasteiger partial charge in [-0.1, -0.05) is 0 Å². The SMILES string of the molecule is c1cc(-c2ccnc3[nH]c(-c4n[nH]c5cnc(-c6cncc(OCCN7CCCC7)c6)cc45)cc23)ccn1. The summed E-state index contributed by atoms with van der Waals surface area (Å²) in [5.74, 6) is 0.751. The Kier molecular flexibility index (Phi) is 5.75. The van der Waals surface area contributed by atoms with Gasteiger partial charge in [-0.25, -0.2) is 4.98 Å². The Bertz CT molecular complexity index is 1720. The van der Waals surface area contributed by atoms with Crippen molar-refractivity contribution in [1.29, 1.82) is 0 Å². The summed E-state index contributed by atoms with van der Waals surface area (Å²) in [5, 5.41) is 9.73. The average molecular weight is 503 g/mol. The monoisotopic (exact) mass is 502 g/mol. The molecular weight excluding hydrogens is 476 g/mol. The van der Waals surface area contributed by atoms with E-state index in [1.165, 1.54) is 12.8 Å². The average Bonchev–Trinajstić information content (AvgIpc) is 3.73. The molecule has 6 aromatic rings. The van der Waals surface area contributed by atoms with Gasteiger partial charge >= 0.3 is 0 Å². The number of aromatic amines is 2. The Hall–Kier alpha value is -4.63. The standard InChI is InChI=1S/C29H26N8O/c1-2-10-37(9-1)11-12-38-21-13-20(16-31-17-21)25-15-24-27(18-33-25)35-36-28(24)26-14-23-22(5-8-32-29(23)34-26)19-3-6-30-7-4-19/h3-8,13-18H,1-2,9-12H2,(H,32,34)(H,35,36). The van der Waals surface area contributed by atoms with Gasteiger partial charge in [0.05, 0.1) is 29.3 Å². The van der Waals surface area contributed by atoms with Crippen LogP contribution in [0.3, 0.4) is 0 Å². The molecule has 1 aliphatic heterocycles. The zero-order valence-corrected chi connectivity index (χ0v) is 20.8. The maximum absolute atomic E-state index is 6.01. The zero-order valence-electron chi connectivity index (χ0n) is 20.8. The molecule has 7 heterocycles. The first-order valence-corrected chi connectivity index (χ1v) is 12.8. The molecule has 0 atom stereocenters. The predicted octanol–water partition coefficient (Wildman–Crippen LogP) is 5.10. The van der Waals surface area contributed by atoms with E-state index in [1.807, 2.05) is 48.9 Å². The lowest BCUT2D eigenvalue weighted by Gasteiger charge is -2.15. The van der Waals surface area contributed by atoms with Crippen LogP contribution in [-0.4, -0.2) is 66.3 Å². The largest absolute Gasteiger partial charge is 0.491 e. The van der Waals surface area contributed by atoms with Gasteiger partial charge in [0.15, 0.2) is 0 Å². The topological polar surface area (TPSA) is 108 Å². The summed E-state index contributed by atoms with van der Waals surface area (Å²) in [6.45, 7) is 3.92. The lowest BCUT2D eigenvalue weighted by Crippen LogP contribution is -2.25. The van der Waals surface area contributed by atoms with Crippen LogP contribution in [-0.2, 0) is 0 Å². The van der Waals surface area contributed by atoms with E-state index in [0.29, 0.717) is 6.61 Å². The number of hydrogen-bond acceptors (Lipinski definition) is 7. The van der Waals surface area contributed by atoms with Crippen molar-refractivity contribution in [2.45, 2.75) is 12.8 Å². The zero-order chi connectivity index (χ0) is 25.3. The molecule has 2 N–H and O–H groups in total. The minimum atomic E-state index is 0.652.